The Kier molecular flexibility index (Phi) is 6.03. The Hall–Kier alpha value is -1.58. The first-order chi connectivity index (χ1) is 11.0. The highest BCUT2D eigenvalue weighted by Crippen LogP contribution is 2.39. The molecule has 1 aromatic carbocycles. The van der Waals surface area contributed by atoms with E-state index in [0.29, 0.717) is 0 Å². The van der Waals surface area contributed by atoms with Crippen LogP contribution >= 0.6 is 0 Å². The normalized spacial score (nSPS) is 27.0. The maximum absolute atomic E-state index is 11.4. The average Bonchev–Trinajstić information content (AvgIpc) is 2.69. The van der Waals surface area contributed by atoms with Crippen LogP contribution < -0.4 is 4.74 Å². The van der Waals surface area contributed by atoms with Gasteiger partial charge in [-0.05, 0) is 56.6 Å². The van der Waals surface area contributed by atoms with Crippen LogP contribution in [0.25, 0.3) is 6.08 Å². The quantitative estimate of drug-likeness (QED) is 0.663. The van der Waals surface area contributed by atoms with Crippen molar-refractivity contribution in [2.24, 2.45) is 5.92 Å². The Balaban J connectivity index is 2.35. The zero-order chi connectivity index (χ0) is 16.9. The molecule has 0 aliphatic heterocycles. The molecule has 0 heterocycles. The van der Waals surface area contributed by atoms with Gasteiger partial charge in [-0.25, -0.2) is 0 Å². The fourth-order valence-corrected chi connectivity index (χ4v) is 3.45. The molecule has 0 saturated heterocycles. The Labute approximate surface area is 140 Å². The number of hydrogen-bond acceptors (Lipinski definition) is 3. The van der Waals surface area contributed by atoms with E-state index in [9.17, 15) is 5.11 Å². The Morgan fingerprint density at radius 2 is 2.00 bits per heavy atom. The van der Waals surface area contributed by atoms with Crippen molar-refractivity contribution < 1.29 is 9.84 Å². The molecule has 1 fully saturated rings. The van der Waals surface area contributed by atoms with Gasteiger partial charge in [0, 0.05) is 12.5 Å². The van der Waals surface area contributed by atoms with Gasteiger partial charge in [-0.3, -0.25) is 0 Å². The summed E-state index contributed by atoms with van der Waals surface area (Å²) in [4.78, 5) is 2.15. The summed E-state index contributed by atoms with van der Waals surface area (Å²) < 4.78 is 5.21. The third-order valence-electron chi connectivity index (χ3n) is 4.74. The van der Waals surface area contributed by atoms with E-state index in [0.717, 1.165) is 49.1 Å². The molecular formula is C20H29NO2. The van der Waals surface area contributed by atoms with Crippen molar-refractivity contribution in [1.82, 2.24) is 4.90 Å². The molecule has 2 unspecified atom stereocenters. The molecule has 0 radical (unpaired) electrons. The molecular weight excluding hydrogens is 286 g/mol. The number of methoxy groups -OCH3 is 1. The van der Waals surface area contributed by atoms with Crippen molar-refractivity contribution in [2.75, 3.05) is 27.7 Å². The van der Waals surface area contributed by atoms with Gasteiger partial charge in [-0.1, -0.05) is 37.3 Å². The van der Waals surface area contributed by atoms with E-state index in [1.807, 2.05) is 24.3 Å². The molecule has 0 spiro atoms. The minimum Gasteiger partial charge on any atom is -0.497 e. The minimum atomic E-state index is -0.930. The van der Waals surface area contributed by atoms with E-state index in [2.05, 4.69) is 31.7 Å². The Morgan fingerprint density at radius 3 is 2.57 bits per heavy atom. The van der Waals surface area contributed by atoms with Crippen LogP contribution in [0.4, 0.5) is 0 Å². The monoisotopic (exact) mass is 315 g/mol. The van der Waals surface area contributed by atoms with E-state index < -0.39 is 5.60 Å². The summed E-state index contributed by atoms with van der Waals surface area (Å²) in [5.41, 5.74) is 1.23. The van der Waals surface area contributed by atoms with E-state index >= 15 is 0 Å². The predicted molar refractivity (Wildman–Crippen MR) is 96.6 cm³/mol. The van der Waals surface area contributed by atoms with Crippen LogP contribution in [0.3, 0.4) is 0 Å². The molecule has 3 nitrogen and oxygen atoms in total. The van der Waals surface area contributed by atoms with Gasteiger partial charge in [0.2, 0.25) is 0 Å². The van der Waals surface area contributed by atoms with E-state index in [1.165, 1.54) is 0 Å². The van der Waals surface area contributed by atoms with Gasteiger partial charge in [-0.15, -0.1) is 0 Å². The summed E-state index contributed by atoms with van der Waals surface area (Å²) in [5, 5.41) is 11.4. The Morgan fingerprint density at radius 1 is 1.30 bits per heavy atom. The zero-order valence-electron chi connectivity index (χ0n) is 14.6. The zero-order valence-corrected chi connectivity index (χ0v) is 14.6. The molecule has 2 rings (SSSR count). The smallest absolute Gasteiger partial charge is 0.118 e. The lowest BCUT2D eigenvalue weighted by Crippen LogP contribution is -2.42. The molecule has 23 heavy (non-hydrogen) atoms. The molecule has 126 valence electrons. The highest BCUT2D eigenvalue weighted by Gasteiger charge is 2.38. The SMILES string of the molecule is C=CC1(O)/C(=C/c2ccc(OC)cc2)CCCCC1CN(C)C. The highest BCUT2D eigenvalue weighted by molar-refractivity contribution is 5.57. The second-order valence-corrected chi connectivity index (χ2v) is 6.68. The van der Waals surface area contributed by atoms with Crippen molar-refractivity contribution in [3.63, 3.8) is 0 Å². The first-order valence-electron chi connectivity index (χ1n) is 8.35. The van der Waals surface area contributed by atoms with Crippen LogP contribution in [-0.2, 0) is 0 Å². The maximum Gasteiger partial charge on any atom is 0.118 e. The van der Waals surface area contributed by atoms with Gasteiger partial charge in [0.05, 0.1) is 7.11 Å². The predicted octanol–water partition coefficient (Wildman–Crippen LogP) is 3.75. The molecule has 0 amide bonds. The first kappa shape index (κ1) is 17.8. The number of hydrogen-bond donors (Lipinski definition) is 1. The second-order valence-electron chi connectivity index (χ2n) is 6.68. The van der Waals surface area contributed by atoms with E-state index in [-0.39, 0.29) is 5.92 Å². The fraction of sp³-hybridized carbons (Fsp3) is 0.500. The summed E-state index contributed by atoms with van der Waals surface area (Å²) in [6.07, 6.45) is 8.06. The van der Waals surface area contributed by atoms with E-state index in [4.69, 9.17) is 4.74 Å². The van der Waals surface area contributed by atoms with Crippen molar-refractivity contribution in [3.05, 3.63) is 48.1 Å². The lowest BCUT2D eigenvalue weighted by Gasteiger charge is -2.36. The standard InChI is InChI=1S/C20H29NO2/c1-5-20(22)17(8-6-7-9-18(20)15-21(2)3)14-16-10-12-19(23-4)13-11-16/h5,10-14,18,22H,1,6-9,15H2,2-4H3/b17-14+. The number of rotatable bonds is 5. The summed E-state index contributed by atoms with van der Waals surface area (Å²) in [6.45, 7) is 4.81. The fourth-order valence-electron chi connectivity index (χ4n) is 3.45. The molecule has 1 aromatic rings. The van der Waals surface area contributed by atoms with E-state index in [1.54, 1.807) is 13.2 Å². The second kappa shape index (κ2) is 7.80. The molecule has 0 bridgehead atoms. The van der Waals surface area contributed by atoms with Gasteiger partial charge < -0.3 is 14.7 Å². The molecule has 1 aliphatic rings. The third-order valence-corrected chi connectivity index (χ3v) is 4.74. The van der Waals surface area contributed by atoms with Crippen molar-refractivity contribution in [3.8, 4) is 5.75 Å². The molecule has 1 aliphatic carbocycles. The number of nitrogens with zero attached hydrogens (tertiary/aromatic N) is 1. The van der Waals surface area contributed by atoms with Crippen LogP contribution in [0.2, 0.25) is 0 Å². The van der Waals surface area contributed by atoms with Gasteiger partial charge in [-0.2, -0.15) is 0 Å². The largest absolute Gasteiger partial charge is 0.497 e. The van der Waals surface area contributed by atoms with Crippen molar-refractivity contribution in [2.45, 2.75) is 31.3 Å². The molecule has 2 atom stereocenters. The minimum absolute atomic E-state index is 0.182. The van der Waals surface area contributed by atoms with Crippen LogP contribution in [0.1, 0.15) is 31.2 Å². The first-order valence-corrected chi connectivity index (χ1v) is 8.35. The third kappa shape index (κ3) is 4.24. The number of benzene rings is 1. The summed E-state index contributed by atoms with van der Waals surface area (Å²) in [5.74, 6) is 1.03. The van der Waals surface area contributed by atoms with Crippen molar-refractivity contribution in [1.29, 1.82) is 0 Å². The summed E-state index contributed by atoms with van der Waals surface area (Å²) in [7, 11) is 5.78. The van der Waals surface area contributed by atoms with Crippen molar-refractivity contribution >= 4 is 6.08 Å². The molecule has 3 heteroatoms. The van der Waals surface area contributed by atoms with Crippen LogP contribution in [0.5, 0.6) is 5.75 Å². The number of aliphatic hydroxyl groups is 1. The molecule has 1 saturated carbocycles. The lowest BCUT2D eigenvalue weighted by atomic mass is 9.79. The number of ether oxygens (including phenoxy) is 1. The topological polar surface area (TPSA) is 32.7 Å². The van der Waals surface area contributed by atoms with Gasteiger partial charge in [0.25, 0.3) is 0 Å². The Bertz CT molecular complexity index is 547. The average molecular weight is 315 g/mol. The van der Waals surface area contributed by atoms with Crippen LogP contribution in [-0.4, -0.2) is 43.4 Å². The summed E-state index contributed by atoms with van der Waals surface area (Å²) >= 11 is 0. The van der Waals surface area contributed by atoms with Gasteiger partial charge in [0.15, 0.2) is 0 Å². The van der Waals surface area contributed by atoms with Crippen LogP contribution in [0, 0.1) is 5.92 Å². The molecule has 0 aromatic heterocycles. The molecule has 1 N–H and O–H groups in total. The highest BCUT2D eigenvalue weighted by atomic mass is 16.5. The van der Waals surface area contributed by atoms with Crippen LogP contribution in [0.15, 0.2) is 42.5 Å². The summed E-state index contributed by atoms with van der Waals surface area (Å²) in [6, 6.07) is 7.96. The van der Waals surface area contributed by atoms with Gasteiger partial charge >= 0.3 is 0 Å². The van der Waals surface area contributed by atoms with Gasteiger partial charge in [0.1, 0.15) is 11.4 Å². The lowest BCUT2D eigenvalue weighted by molar-refractivity contribution is 0.0485. The maximum atomic E-state index is 11.4.